The lowest BCUT2D eigenvalue weighted by atomic mass is 10.0. The van der Waals surface area contributed by atoms with Gasteiger partial charge in [-0.3, -0.25) is 10.1 Å². The molecule has 0 aliphatic carbocycles. The Labute approximate surface area is 104 Å². The molecule has 1 aromatic rings. The lowest BCUT2D eigenvalue weighted by Crippen LogP contribution is -2.23. The normalized spacial score (nSPS) is 13.8. The quantitative estimate of drug-likeness (QED) is 0.647. The van der Waals surface area contributed by atoms with E-state index in [1.165, 1.54) is 25.1 Å². The maximum atomic E-state index is 10.5. The number of nitro groups is 1. The van der Waals surface area contributed by atoms with Crippen LogP contribution in [-0.2, 0) is 0 Å². The number of rotatable bonds is 3. The molecule has 0 unspecified atom stereocenters. The summed E-state index contributed by atoms with van der Waals surface area (Å²) in [6, 6.07) is 3.25. The molecule has 5 nitrogen and oxygen atoms in total. The van der Waals surface area contributed by atoms with Crippen LogP contribution < -0.4 is 5.73 Å². The predicted octanol–water partition coefficient (Wildman–Crippen LogP) is 2.05. The topological polar surface area (TPSA) is 89.4 Å². The number of non-ortho nitro benzene ring substituents is 1. The summed E-state index contributed by atoms with van der Waals surface area (Å²) in [6.45, 7) is 1.50. The van der Waals surface area contributed by atoms with Crippen LogP contribution in [0.15, 0.2) is 18.2 Å². The number of nitrogens with two attached hydrogens (primary N) is 1. The van der Waals surface area contributed by atoms with E-state index >= 15 is 0 Å². The molecule has 7 heteroatoms. The van der Waals surface area contributed by atoms with E-state index in [1.54, 1.807) is 0 Å². The SMILES string of the molecule is C[C@@H](O)[C@@H](N)c1cc([N+](=O)[O-])ccc1Cl.Cl. The third-order valence-electron chi connectivity index (χ3n) is 2.07. The molecule has 16 heavy (non-hydrogen) atoms. The highest BCUT2D eigenvalue weighted by Crippen LogP contribution is 2.27. The molecule has 1 aromatic carbocycles. The first kappa shape index (κ1) is 15.1. The van der Waals surface area contributed by atoms with Crippen molar-refractivity contribution in [2.24, 2.45) is 5.73 Å². The van der Waals surface area contributed by atoms with Gasteiger partial charge in [0.2, 0.25) is 0 Å². The second-order valence-corrected chi connectivity index (χ2v) is 3.64. The first-order chi connectivity index (χ1) is 6.93. The fourth-order valence-electron chi connectivity index (χ4n) is 1.16. The number of halogens is 2. The Bertz CT molecular complexity index is 385. The van der Waals surface area contributed by atoms with Crippen molar-refractivity contribution in [3.05, 3.63) is 38.9 Å². The smallest absolute Gasteiger partial charge is 0.269 e. The predicted molar refractivity (Wildman–Crippen MR) is 64.0 cm³/mol. The Kier molecular flexibility index (Phi) is 5.67. The first-order valence-corrected chi connectivity index (χ1v) is 4.68. The molecule has 0 aromatic heterocycles. The van der Waals surface area contributed by atoms with E-state index in [2.05, 4.69) is 0 Å². The van der Waals surface area contributed by atoms with Gasteiger partial charge < -0.3 is 10.8 Å². The fraction of sp³-hybridized carbons (Fsp3) is 0.333. The molecule has 0 aliphatic rings. The van der Waals surface area contributed by atoms with Crippen molar-refractivity contribution < 1.29 is 10.0 Å². The zero-order valence-electron chi connectivity index (χ0n) is 8.46. The minimum absolute atomic E-state index is 0. The van der Waals surface area contributed by atoms with Crippen molar-refractivity contribution in [3.8, 4) is 0 Å². The second-order valence-electron chi connectivity index (χ2n) is 3.23. The maximum absolute atomic E-state index is 10.5. The second kappa shape index (κ2) is 6.00. The van der Waals surface area contributed by atoms with Gasteiger partial charge in [0, 0.05) is 17.2 Å². The average Bonchev–Trinajstić information content (AvgIpc) is 2.16. The molecule has 90 valence electrons. The highest BCUT2D eigenvalue weighted by atomic mass is 35.5. The fourth-order valence-corrected chi connectivity index (χ4v) is 1.40. The summed E-state index contributed by atoms with van der Waals surface area (Å²) < 4.78 is 0. The van der Waals surface area contributed by atoms with Crippen molar-refractivity contribution >= 4 is 29.7 Å². The summed E-state index contributed by atoms with van der Waals surface area (Å²) >= 11 is 5.83. The summed E-state index contributed by atoms with van der Waals surface area (Å²) in [6.07, 6.45) is -0.815. The zero-order chi connectivity index (χ0) is 11.6. The molecule has 0 saturated carbocycles. The van der Waals surface area contributed by atoms with E-state index in [0.717, 1.165) is 0 Å². The number of aliphatic hydroxyl groups excluding tert-OH is 1. The van der Waals surface area contributed by atoms with Gasteiger partial charge in [0.1, 0.15) is 0 Å². The molecule has 0 saturated heterocycles. The Morgan fingerprint density at radius 1 is 1.56 bits per heavy atom. The molecule has 0 bridgehead atoms. The van der Waals surface area contributed by atoms with E-state index in [-0.39, 0.29) is 18.1 Å². The van der Waals surface area contributed by atoms with Crippen LogP contribution in [0.1, 0.15) is 18.5 Å². The lowest BCUT2D eigenvalue weighted by Gasteiger charge is -2.16. The van der Waals surface area contributed by atoms with Gasteiger partial charge in [-0.05, 0) is 18.6 Å². The maximum Gasteiger partial charge on any atom is 0.269 e. The molecular formula is C9H12Cl2N2O3. The van der Waals surface area contributed by atoms with Gasteiger partial charge in [-0.2, -0.15) is 0 Å². The highest BCUT2D eigenvalue weighted by Gasteiger charge is 2.18. The van der Waals surface area contributed by atoms with Gasteiger partial charge in [0.25, 0.3) is 5.69 Å². The number of aliphatic hydroxyl groups is 1. The van der Waals surface area contributed by atoms with E-state index in [0.29, 0.717) is 10.6 Å². The molecule has 0 amide bonds. The van der Waals surface area contributed by atoms with Gasteiger partial charge in [0.05, 0.1) is 17.1 Å². The largest absolute Gasteiger partial charge is 0.391 e. The minimum Gasteiger partial charge on any atom is -0.391 e. The Balaban J connectivity index is 0.00000225. The van der Waals surface area contributed by atoms with Crippen LogP contribution in [0.4, 0.5) is 5.69 Å². The van der Waals surface area contributed by atoms with Crippen molar-refractivity contribution in [1.82, 2.24) is 0 Å². The van der Waals surface area contributed by atoms with Gasteiger partial charge in [-0.15, -0.1) is 12.4 Å². The number of benzene rings is 1. The molecule has 0 aliphatic heterocycles. The summed E-state index contributed by atoms with van der Waals surface area (Å²) in [7, 11) is 0. The number of nitrogens with zero attached hydrogens (tertiary/aromatic N) is 1. The van der Waals surface area contributed by atoms with E-state index < -0.39 is 17.1 Å². The number of nitro benzene ring substituents is 1. The Morgan fingerprint density at radius 2 is 2.12 bits per heavy atom. The van der Waals surface area contributed by atoms with Crippen LogP contribution in [-0.4, -0.2) is 16.1 Å². The number of hydrogen-bond acceptors (Lipinski definition) is 4. The number of hydrogen-bond donors (Lipinski definition) is 2. The molecular weight excluding hydrogens is 255 g/mol. The highest BCUT2D eigenvalue weighted by molar-refractivity contribution is 6.31. The van der Waals surface area contributed by atoms with Crippen molar-refractivity contribution in [2.45, 2.75) is 19.1 Å². The van der Waals surface area contributed by atoms with Crippen LogP contribution in [0.5, 0.6) is 0 Å². The zero-order valence-corrected chi connectivity index (χ0v) is 10.0. The Morgan fingerprint density at radius 3 is 2.56 bits per heavy atom. The molecule has 0 fully saturated rings. The first-order valence-electron chi connectivity index (χ1n) is 4.31. The molecule has 2 atom stereocenters. The van der Waals surface area contributed by atoms with Crippen LogP contribution >= 0.6 is 24.0 Å². The van der Waals surface area contributed by atoms with Gasteiger partial charge in [0.15, 0.2) is 0 Å². The van der Waals surface area contributed by atoms with E-state index in [9.17, 15) is 15.2 Å². The van der Waals surface area contributed by atoms with Crippen molar-refractivity contribution in [2.75, 3.05) is 0 Å². The third-order valence-corrected chi connectivity index (χ3v) is 2.41. The van der Waals surface area contributed by atoms with Crippen LogP contribution in [0.2, 0.25) is 5.02 Å². The molecule has 1 rings (SSSR count). The van der Waals surface area contributed by atoms with Crippen LogP contribution in [0.25, 0.3) is 0 Å². The minimum atomic E-state index is -0.815. The van der Waals surface area contributed by atoms with Crippen molar-refractivity contribution in [1.29, 1.82) is 0 Å². The average molecular weight is 267 g/mol. The summed E-state index contributed by atoms with van der Waals surface area (Å²) in [5.41, 5.74) is 5.93. The van der Waals surface area contributed by atoms with Gasteiger partial charge in [-0.1, -0.05) is 11.6 Å². The molecule has 0 heterocycles. The molecule has 0 radical (unpaired) electrons. The summed E-state index contributed by atoms with van der Waals surface area (Å²) in [4.78, 5) is 9.98. The van der Waals surface area contributed by atoms with Crippen LogP contribution in [0, 0.1) is 10.1 Å². The molecule has 3 N–H and O–H groups in total. The van der Waals surface area contributed by atoms with Gasteiger partial charge in [-0.25, -0.2) is 0 Å². The van der Waals surface area contributed by atoms with Gasteiger partial charge >= 0.3 is 0 Å². The van der Waals surface area contributed by atoms with Crippen LogP contribution in [0.3, 0.4) is 0 Å². The van der Waals surface area contributed by atoms with E-state index in [1.807, 2.05) is 0 Å². The van der Waals surface area contributed by atoms with E-state index in [4.69, 9.17) is 17.3 Å². The molecule has 0 spiro atoms. The monoisotopic (exact) mass is 266 g/mol. The summed E-state index contributed by atoms with van der Waals surface area (Å²) in [5.74, 6) is 0. The standard InChI is InChI=1S/C9H11ClN2O3.ClH/c1-5(13)9(11)7-4-6(12(14)15)2-3-8(7)10;/h2-5,9,13H,11H2,1H3;1H/t5-,9-;/m1./s1. The third kappa shape index (κ3) is 3.31. The Hall–Kier alpha value is -0.880. The summed E-state index contributed by atoms with van der Waals surface area (Å²) in [5, 5.41) is 20.1. The lowest BCUT2D eigenvalue weighted by molar-refractivity contribution is -0.384. The van der Waals surface area contributed by atoms with Crippen molar-refractivity contribution in [3.63, 3.8) is 0 Å².